The number of aromatic amines is 1. The minimum absolute atomic E-state index is 0.227. The van der Waals surface area contributed by atoms with Crippen LogP contribution in [0, 0.1) is 0 Å². The molecule has 2 aromatic heterocycles. The number of nitrogens with zero attached hydrogens (tertiary/aromatic N) is 3. The van der Waals surface area contributed by atoms with Gasteiger partial charge in [-0.05, 0) is 47.9 Å². The normalized spacial score (nSPS) is 12.2. The van der Waals surface area contributed by atoms with Gasteiger partial charge in [-0.2, -0.15) is 5.10 Å². The Morgan fingerprint density at radius 1 is 1.11 bits per heavy atom. The third-order valence-corrected chi connectivity index (χ3v) is 4.58. The summed E-state index contributed by atoms with van der Waals surface area (Å²) in [5.74, 6) is 1.68. The Balaban J connectivity index is 1.46. The molecule has 5 N–H and O–H groups in total. The van der Waals surface area contributed by atoms with Crippen LogP contribution in [0.3, 0.4) is 0 Å². The molecule has 4 aromatic rings. The number of fused-ring (bicyclic) bond motifs is 1. The van der Waals surface area contributed by atoms with E-state index in [0.29, 0.717) is 18.2 Å². The molecule has 0 bridgehead atoms. The lowest BCUT2D eigenvalue weighted by atomic mass is 10.0. The first-order valence-corrected chi connectivity index (χ1v) is 8.70. The van der Waals surface area contributed by atoms with Gasteiger partial charge < -0.3 is 16.2 Å². The summed E-state index contributed by atoms with van der Waals surface area (Å²) in [6.45, 7) is 2.78. The van der Waals surface area contributed by atoms with Crippen molar-refractivity contribution < 1.29 is 5.11 Å². The highest BCUT2D eigenvalue weighted by Gasteiger charge is 2.09. The van der Waals surface area contributed by atoms with Crippen LogP contribution in [-0.4, -0.2) is 32.0 Å². The van der Waals surface area contributed by atoms with E-state index in [1.807, 2.05) is 42.5 Å². The molecule has 0 fully saturated rings. The molecule has 0 aliphatic carbocycles. The van der Waals surface area contributed by atoms with Gasteiger partial charge in [0.05, 0.1) is 11.2 Å². The summed E-state index contributed by atoms with van der Waals surface area (Å²) in [4.78, 5) is 0. The molecule has 0 saturated heterocycles. The van der Waals surface area contributed by atoms with Crippen LogP contribution in [0.15, 0.2) is 54.6 Å². The highest BCUT2D eigenvalue weighted by molar-refractivity contribution is 5.91. The molecule has 0 spiro atoms. The molecule has 2 aromatic carbocycles. The molecule has 4 rings (SSSR count). The molecule has 0 aliphatic rings. The standard InChI is InChI=1S/C20H20N6O/c1-12(13-3-2-4-15(27)9-13)11-22-19-8-7-17(23-25-19)14-5-6-18-16(10-14)20(21)26-24-18/h2-10,12,27H,11H2,1H3,(H,22,25)(H3,21,24,26). The Hall–Kier alpha value is -3.61. The second kappa shape index (κ2) is 6.95. The average molecular weight is 360 g/mol. The van der Waals surface area contributed by atoms with Gasteiger partial charge in [0.2, 0.25) is 0 Å². The Morgan fingerprint density at radius 3 is 2.78 bits per heavy atom. The summed E-state index contributed by atoms with van der Waals surface area (Å²) in [5.41, 5.74) is 9.53. The maximum atomic E-state index is 9.60. The second-order valence-corrected chi connectivity index (χ2v) is 6.55. The predicted molar refractivity (Wildman–Crippen MR) is 107 cm³/mol. The number of rotatable bonds is 5. The van der Waals surface area contributed by atoms with E-state index < -0.39 is 0 Å². The van der Waals surface area contributed by atoms with E-state index in [1.165, 1.54) is 0 Å². The van der Waals surface area contributed by atoms with Crippen LogP contribution in [0.5, 0.6) is 5.75 Å². The molecule has 7 nitrogen and oxygen atoms in total. The van der Waals surface area contributed by atoms with E-state index in [0.717, 1.165) is 27.7 Å². The molecule has 0 radical (unpaired) electrons. The van der Waals surface area contributed by atoms with Crippen LogP contribution >= 0.6 is 0 Å². The molecular formula is C20H20N6O. The molecule has 1 unspecified atom stereocenters. The van der Waals surface area contributed by atoms with E-state index in [1.54, 1.807) is 12.1 Å². The van der Waals surface area contributed by atoms with Crippen LogP contribution < -0.4 is 11.1 Å². The molecule has 27 heavy (non-hydrogen) atoms. The van der Waals surface area contributed by atoms with Crippen molar-refractivity contribution in [2.45, 2.75) is 12.8 Å². The third kappa shape index (κ3) is 3.52. The van der Waals surface area contributed by atoms with E-state index in [9.17, 15) is 5.11 Å². The lowest BCUT2D eigenvalue weighted by molar-refractivity contribution is 0.474. The maximum absolute atomic E-state index is 9.60. The fourth-order valence-electron chi connectivity index (χ4n) is 2.98. The topological polar surface area (TPSA) is 113 Å². The van der Waals surface area contributed by atoms with Gasteiger partial charge in [0.25, 0.3) is 0 Å². The van der Waals surface area contributed by atoms with Crippen LogP contribution in [0.4, 0.5) is 11.6 Å². The quantitative estimate of drug-likeness (QED) is 0.433. The molecule has 7 heteroatoms. The highest BCUT2D eigenvalue weighted by atomic mass is 16.3. The number of anilines is 2. The summed E-state index contributed by atoms with van der Waals surface area (Å²) < 4.78 is 0. The Bertz CT molecular complexity index is 1070. The van der Waals surface area contributed by atoms with E-state index >= 15 is 0 Å². The summed E-state index contributed by atoms with van der Waals surface area (Å²) in [5, 5.41) is 29.2. The average Bonchev–Trinajstić information content (AvgIpc) is 3.07. The molecule has 0 amide bonds. The number of hydrogen-bond acceptors (Lipinski definition) is 6. The largest absolute Gasteiger partial charge is 0.508 e. The molecule has 0 saturated carbocycles. The van der Waals surface area contributed by atoms with Crippen LogP contribution in [0.25, 0.3) is 22.2 Å². The SMILES string of the molecule is CC(CNc1ccc(-c2ccc3[nH]nc(N)c3c2)nn1)c1cccc(O)c1. The molecular weight excluding hydrogens is 340 g/mol. The number of nitrogen functional groups attached to an aromatic ring is 1. The minimum atomic E-state index is 0.227. The number of phenols is 1. The third-order valence-electron chi connectivity index (χ3n) is 4.58. The number of benzene rings is 2. The summed E-state index contributed by atoms with van der Waals surface area (Å²) in [6.07, 6.45) is 0. The number of aromatic hydroxyl groups is 1. The fraction of sp³-hybridized carbons (Fsp3) is 0.150. The Kier molecular flexibility index (Phi) is 4.33. The number of nitrogens with one attached hydrogen (secondary N) is 2. The van der Waals surface area contributed by atoms with E-state index in [-0.39, 0.29) is 11.7 Å². The van der Waals surface area contributed by atoms with Gasteiger partial charge in [0, 0.05) is 17.5 Å². The lowest BCUT2D eigenvalue weighted by Gasteiger charge is -2.13. The van der Waals surface area contributed by atoms with Crippen molar-refractivity contribution in [1.82, 2.24) is 20.4 Å². The predicted octanol–water partition coefficient (Wildman–Crippen LogP) is 3.52. The van der Waals surface area contributed by atoms with Crippen LogP contribution in [0.2, 0.25) is 0 Å². The van der Waals surface area contributed by atoms with Crippen molar-refractivity contribution in [3.05, 3.63) is 60.2 Å². The van der Waals surface area contributed by atoms with Crippen molar-refractivity contribution in [1.29, 1.82) is 0 Å². The van der Waals surface area contributed by atoms with Crippen LogP contribution in [0.1, 0.15) is 18.4 Å². The summed E-state index contributed by atoms with van der Waals surface area (Å²) in [7, 11) is 0. The number of aromatic nitrogens is 4. The number of nitrogens with two attached hydrogens (primary N) is 1. The van der Waals surface area contributed by atoms with Gasteiger partial charge in [-0.15, -0.1) is 10.2 Å². The van der Waals surface area contributed by atoms with E-state index in [2.05, 4.69) is 32.6 Å². The molecule has 2 heterocycles. The Labute approximate surface area is 156 Å². The summed E-state index contributed by atoms with van der Waals surface area (Å²) in [6, 6.07) is 17.0. The lowest BCUT2D eigenvalue weighted by Crippen LogP contribution is -2.11. The first kappa shape index (κ1) is 16.8. The molecule has 1 atom stereocenters. The van der Waals surface area contributed by atoms with Crippen LogP contribution in [-0.2, 0) is 0 Å². The zero-order valence-corrected chi connectivity index (χ0v) is 14.8. The fourth-order valence-corrected chi connectivity index (χ4v) is 2.98. The van der Waals surface area contributed by atoms with Gasteiger partial charge in [-0.3, -0.25) is 5.10 Å². The van der Waals surface area contributed by atoms with Crippen molar-refractivity contribution >= 4 is 22.5 Å². The van der Waals surface area contributed by atoms with Crippen molar-refractivity contribution in [3.63, 3.8) is 0 Å². The second-order valence-electron chi connectivity index (χ2n) is 6.55. The van der Waals surface area contributed by atoms with Crippen molar-refractivity contribution in [2.75, 3.05) is 17.6 Å². The van der Waals surface area contributed by atoms with E-state index in [4.69, 9.17) is 5.73 Å². The number of phenolic OH excluding ortho intramolecular Hbond substituents is 1. The minimum Gasteiger partial charge on any atom is -0.508 e. The van der Waals surface area contributed by atoms with Gasteiger partial charge in [0.1, 0.15) is 11.6 Å². The molecule has 136 valence electrons. The zero-order chi connectivity index (χ0) is 18.8. The number of H-pyrrole nitrogens is 1. The highest BCUT2D eigenvalue weighted by Crippen LogP contribution is 2.25. The first-order valence-electron chi connectivity index (χ1n) is 8.70. The van der Waals surface area contributed by atoms with Gasteiger partial charge >= 0.3 is 0 Å². The van der Waals surface area contributed by atoms with Gasteiger partial charge in [-0.25, -0.2) is 0 Å². The summed E-state index contributed by atoms with van der Waals surface area (Å²) >= 11 is 0. The van der Waals surface area contributed by atoms with Gasteiger partial charge in [-0.1, -0.05) is 25.1 Å². The maximum Gasteiger partial charge on any atom is 0.153 e. The monoisotopic (exact) mass is 360 g/mol. The smallest absolute Gasteiger partial charge is 0.153 e. The van der Waals surface area contributed by atoms with Gasteiger partial charge in [0.15, 0.2) is 5.82 Å². The molecule has 0 aliphatic heterocycles. The van der Waals surface area contributed by atoms with Crippen molar-refractivity contribution in [3.8, 4) is 17.0 Å². The Morgan fingerprint density at radius 2 is 2.00 bits per heavy atom. The van der Waals surface area contributed by atoms with Crippen molar-refractivity contribution in [2.24, 2.45) is 0 Å². The first-order chi connectivity index (χ1) is 13.1. The number of hydrogen-bond donors (Lipinski definition) is 4. The zero-order valence-electron chi connectivity index (χ0n) is 14.8.